The molecule has 1 aromatic carbocycles. The van der Waals surface area contributed by atoms with Crippen molar-refractivity contribution in [3.8, 4) is 0 Å². The third-order valence-electron chi connectivity index (χ3n) is 7.40. The fourth-order valence-electron chi connectivity index (χ4n) is 5.79. The van der Waals surface area contributed by atoms with Crippen LogP contribution in [0.2, 0.25) is 0 Å². The van der Waals surface area contributed by atoms with Gasteiger partial charge in [-0.2, -0.15) is 13.2 Å². The standard InChI is InChI=1S/C30H33F3N4O2S/c1-5-39-26(38)24-25(30(31,32)33)35-27(40-24)34-21-11-7-9-13-23(21)37-19-29(20-10-6-8-12-22(20)37)14-16-36(17-15-29)18-28(2,3)4/h6,8-10,12-13H,5,14-19H2,1-4H3,(H,34,35). The van der Waals surface area contributed by atoms with Crippen molar-refractivity contribution in [1.29, 1.82) is 0 Å². The lowest BCUT2D eigenvalue weighted by atomic mass is 9.74. The van der Waals surface area contributed by atoms with Crippen LogP contribution in [0.1, 0.15) is 61.5 Å². The van der Waals surface area contributed by atoms with Crippen molar-refractivity contribution >= 4 is 28.1 Å². The Morgan fingerprint density at radius 1 is 1.20 bits per heavy atom. The van der Waals surface area contributed by atoms with Crippen molar-refractivity contribution in [3.63, 3.8) is 0 Å². The molecule has 2 aliphatic heterocycles. The van der Waals surface area contributed by atoms with Gasteiger partial charge in [0.25, 0.3) is 0 Å². The molecule has 3 heterocycles. The van der Waals surface area contributed by atoms with Crippen LogP contribution in [-0.2, 0) is 16.3 Å². The lowest BCUT2D eigenvalue weighted by Crippen LogP contribution is -2.47. The first kappa shape index (κ1) is 28.2. The van der Waals surface area contributed by atoms with Crippen LogP contribution in [-0.4, -0.2) is 48.6 Å². The van der Waals surface area contributed by atoms with Crippen LogP contribution in [0.5, 0.6) is 0 Å². The Labute approximate surface area is 236 Å². The van der Waals surface area contributed by atoms with E-state index in [0.29, 0.717) is 17.0 Å². The Hall–Kier alpha value is -3.29. The van der Waals surface area contributed by atoms with E-state index in [1.54, 1.807) is 13.0 Å². The van der Waals surface area contributed by atoms with Gasteiger partial charge in [0.05, 0.1) is 12.3 Å². The number of allylic oxidation sites excluding steroid dienone is 2. The molecule has 0 amide bonds. The van der Waals surface area contributed by atoms with Gasteiger partial charge in [-0.25, -0.2) is 9.78 Å². The molecule has 0 bridgehead atoms. The first-order chi connectivity index (χ1) is 18.9. The Kier molecular flexibility index (Phi) is 7.48. The number of nitrogens with one attached hydrogen (secondary N) is 1. The summed E-state index contributed by atoms with van der Waals surface area (Å²) < 4.78 is 45.9. The normalized spacial score (nSPS) is 18.5. The first-order valence-electron chi connectivity index (χ1n) is 13.4. The zero-order valence-electron chi connectivity index (χ0n) is 23.1. The van der Waals surface area contributed by atoms with Gasteiger partial charge >= 0.3 is 12.1 Å². The number of para-hydroxylation sites is 1. The molecular weight excluding hydrogens is 537 g/mol. The van der Waals surface area contributed by atoms with E-state index >= 15 is 0 Å². The smallest absolute Gasteiger partial charge is 0.435 e. The lowest BCUT2D eigenvalue weighted by Gasteiger charge is -2.42. The average Bonchev–Trinajstić information content (AvgIpc) is 3.46. The number of aromatic nitrogens is 1. The van der Waals surface area contributed by atoms with Gasteiger partial charge in [-0.3, -0.25) is 0 Å². The maximum atomic E-state index is 13.7. The third kappa shape index (κ3) is 5.63. The summed E-state index contributed by atoms with van der Waals surface area (Å²) in [5.74, 6) is -1.04. The molecule has 1 saturated heterocycles. The number of likely N-dealkylation sites (tertiary alicyclic amines) is 1. The summed E-state index contributed by atoms with van der Waals surface area (Å²) in [7, 11) is 0. The number of carbonyl (C=O) groups excluding carboxylic acids is 1. The molecule has 1 spiro atoms. The highest BCUT2D eigenvalue weighted by molar-refractivity contribution is 7.17. The van der Waals surface area contributed by atoms with E-state index in [-0.39, 0.29) is 22.6 Å². The maximum Gasteiger partial charge on any atom is 0.435 e. The molecule has 2 aromatic rings. The average molecular weight is 571 g/mol. The minimum Gasteiger partial charge on any atom is -0.462 e. The summed E-state index contributed by atoms with van der Waals surface area (Å²) in [6.45, 7) is 12.1. The molecule has 0 atom stereocenters. The molecular formula is C30H33F3N4O2S. The third-order valence-corrected chi connectivity index (χ3v) is 8.35. The molecule has 0 saturated carbocycles. The summed E-state index contributed by atoms with van der Waals surface area (Å²) in [6.07, 6.45) is 0.871. The summed E-state index contributed by atoms with van der Waals surface area (Å²) in [6, 6.07) is 8.37. The van der Waals surface area contributed by atoms with Crippen molar-refractivity contribution in [1.82, 2.24) is 9.88 Å². The monoisotopic (exact) mass is 570 g/mol. The van der Waals surface area contributed by atoms with Crippen LogP contribution in [0.4, 0.5) is 24.0 Å². The number of esters is 1. The van der Waals surface area contributed by atoms with Crippen LogP contribution in [0.25, 0.3) is 0 Å². The number of hydrogen-bond donors (Lipinski definition) is 1. The number of hydrogen-bond acceptors (Lipinski definition) is 7. The topological polar surface area (TPSA) is 57.7 Å². The van der Waals surface area contributed by atoms with Gasteiger partial charge in [0.1, 0.15) is 10.6 Å². The SMILES string of the molecule is CCOC(=O)c1sc(NC2=C=C=CC=C2N2CC3(CCN(CC(C)(C)C)CC3)c3ccccc32)nc1C(F)(F)F. The minimum atomic E-state index is -4.80. The second-order valence-corrected chi connectivity index (χ2v) is 12.6. The quantitative estimate of drug-likeness (QED) is 0.307. The van der Waals surface area contributed by atoms with Crippen LogP contribution in [0.15, 0.2) is 59.3 Å². The second-order valence-electron chi connectivity index (χ2n) is 11.6. The fraction of sp³-hybridized carbons (Fsp3) is 0.467. The number of carbonyl (C=O) groups is 1. The lowest BCUT2D eigenvalue weighted by molar-refractivity contribution is -0.141. The van der Waals surface area contributed by atoms with E-state index in [1.165, 1.54) is 5.56 Å². The number of benzene rings is 1. The maximum absolute atomic E-state index is 13.7. The van der Waals surface area contributed by atoms with E-state index in [0.717, 1.165) is 50.4 Å². The van der Waals surface area contributed by atoms with Crippen molar-refractivity contribution in [2.45, 2.75) is 52.1 Å². The highest BCUT2D eigenvalue weighted by atomic mass is 32.1. The van der Waals surface area contributed by atoms with Gasteiger partial charge in [0.15, 0.2) is 10.8 Å². The first-order valence-corrected chi connectivity index (χ1v) is 14.3. The van der Waals surface area contributed by atoms with Gasteiger partial charge in [-0.15, -0.1) is 0 Å². The van der Waals surface area contributed by atoms with Crippen LogP contribution < -0.4 is 10.2 Å². The number of ether oxygens (including phenoxy) is 1. The minimum absolute atomic E-state index is 0.0243. The number of piperidine rings is 1. The van der Waals surface area contributed by atoms with Gasteiger partial charge in [-0.1, -0.05) is 56.0 Å². The number of fused-ring (bicyclic) bond motifs is 2. The Balaban J connectivity index is 1.42. The number of halogens is 3. The summed E-state index contributed by atoms with van der Waals surface area (Å²) in [5.41, 5.74) is 8.46. The Morgan fingerprint density at radius 3 is 2.60 bits per heavy atom. The van der Waals surface area contributed by atoms with Crippen molar-refractivity contribution in [3.05, 3.63) is 75.4 Å². The zero-order valence-corrected chi connectivity index (χ0v) is 23.9. The molecule has 0 unspecified atom stereocenters. The zero-order chi connectivity index (χ0) is 28.7. The molecule has 10 heteroatoms. The molecule has 212 valence electrons. The number of thiazole rings is 1. The number of alkyl halides is 3. The van der Waals surface area contributed by atoms with Crippen LogP contribution in [0.3, 0.4) is 0 Å². The summed E-state index contributed by atoms with van der Waals surface area (Å²) in [5, 5.41) is 2.93. The highest BCUT2D eigenvalue weighted by Crippen LogP contribution is 2.49. The molecule has 1 fully saturated rings. The van der Waals surface area contributed by atoms with E-state index in [2.05, 4.69) is 70.5 Å². The van der Waals surface area contributed by atoms with Crippen molar-refractivity contribution in [2.75, 3.05) is 43.0 Å². The number of nitrogens with zero attached hydrogens (tertiary/aromatic N) is 3. The Bertz CT molecular complexity index is 1430. The molecule has 5 rings (SSSR count). The van der Waals surface area contributed by atoms with Gasteiger partial charge < -0.3 is 19.9 Å². The summed E-state index contributed by atoms with van der Waals surface area (Å²) in [4.78, 5) is 20.2. The molecule has 40 heavy (non-hydrogen) atoms. The van der Waals surface area contributed by atoms with Gasteiger partial charge in [-0.05, 0) is 67.8 Å². The molecule has 1 N–H and O–H groups in total. The largest absolute Gasteiger partial charge is 0.462 e. The van der Waals surface area contributed by atoms with Crippen LogP contribution in [0, 0.1) is 5.41 Å². The van der Waals surface area contributed by atoms with Gasteiger partial charge in [0.2, 0.25) is 0 Å². The van der Waals surface area contributed by atoms with Crippen molar-refractivity contribution < 1.29 is 22.7 Å². The van der Waals surface area contributed by atoms with E-state index < -0.39 is 22.7 Å². The molecule has 6 nitrogen and oxygen atoms in total. The number of rotatable bonds is 6. The van der Waals surface area contributed by atoms with E-state index in [4.69, 9.17) is 4.74 Å². The van der Waals surface area contributed by atoms with Gasteiger partial charge in [0, 0.05) is 24.2 Å². The van der Waals surface area contributed by atoms with E-state index in [9.17, 15) is 18.0 Å². The molecule has 1 aliphatic carbocycles. The van der Waals surface area contributed by atoms with E-state index in [1.807, 2.05) is 12.1 Å². The highest BCUT2D eigenvalue weighted by Gasteiger charge is 2.46. The predicted octanol–water partition coefficient (Wildman–Crippen LogP) is 6.74. The van der Waals surface area contributed by atoms with Crippen molar-refractivity contribution in [2.24, 2.45) is 5.41 Å². The Morgan fingerprint density at radius 2 is 1.93 bits per heavy atom. The van der Waals surface area contributed by atoms with Crippen LogP contribution >= 0.6 is 11.3 Å². The molecule has 0 radical (unpaired) electrons. The molecule has 1 aromatic heterocycles. The fourth-order valence-corrected chi connectivity index (χ4v) is 6.68. The summed E-state index contributed by atoms with van der Waals surface area (Å²) >= 11 is 0.618. The molecule has 3 aliphatic rings. The number of anilines is 2. The predicted molar refractivity (Wildman–Crippen MR) is 150 cm³/mol. The second kappa shape index (κ2) is 10.6.